The van der Waals surface area contributed by atoms with Gasteiger partial charge in [-0.15, -0.1) is 0 Å². The Balaban J connectivity index is 2.11. The van der Waals surface area contributed by atoms with E-state index in [1.54, 1.807) is 11.6 Å². The largest absolute Gasteiger partial charge is 0.390 e. The predicted molar refractivity (Wildman–Crippen MR) is 73.1 cm³/mol. The molecular formula is C13H22N2O3S. The summed E-state index contributed by atoms with van der Waals surface area (Å²) < 4.78 is 29.0. The zero-order valence-electron chi connectivity index (χ0n) is 11.5. The Hall–Kier alpha value is -0.850. The summed E-state index contributed by atoms with van der Waals surface area (Å²) >= 11 is 0. The molecule has 6 heteroatoms. The quantitative estimate of drug-likeness (QED) is 0.795. The van der Waals surface area contributed by atoms with Crippen LogP contribution in [0.4, 0.5) is 0 Å². The van der Waals surface area contributed by atoms with E-state index in [1.165, 1.54) is 25.1 Å². The summed E-state index contributed by atoms with van der Waals surface area (Å²) in [5, 5.41) is 9.12. The number of aromatic nitrogens is 1. The second kappa shape index (κ2) is 5.64. The Morgan fingerprint density at radius 2 is 2.21 bits per heavy atom. The molecule has 1 aliphatic rings. The van der Waals surface area contributed by atoms with Gasteiger partial charge >= 0.3 is 0 Å². The normalized spacial score (nSPS) is 17.6. The Labute approximate surface area is 114 Å². The molecule has 1 aromatic rings. The molecule has 108 valence electrons. The molecule has 1 heterocycles. The standard InChI is InChI=1S/C13H22N2O3S/c1-3-11(6-10-4-5-10)14-19(17,18)13-7-12(9-16)15(2)8-13/h7-8,10-11,14,16H,3-6,9H2,1-2H3. The Morgan fingerprint density at radius 1 is 1.53 bits per heavy atom. The molecule has 0 spiro atoms. The summed E-state index contributed by atoms with van der Waals surface area (Å²) in [6.07, 6.45) is 5.71. The molecule has 0 bridgehead atoms. The number of aryl methyl sites for hydroxylation is 1. The van der Waals surface area contributed by atoms with Crippen LogP contribution < -0.4 is 4.72 Å². The smallest absolute Gasteiger partial charge is 0.242 e. The molecule has 1 unspecified atom stereocenters. The van der Waals surface area contributed by atoms with Gasteiger partial charge in [0.1, 0.15) is 0 Å². The molecule has 19 heavy (non-hydrogen) atoms. The van der Waals surface area contributed by atoms with Gasteiger partial charge in [0.25, 0.3) is 0 Å². The fraction of sp³-hybridized carbons (Fsp3) is 0.692. The van der Waals surface area contributed by atoms with Gasteiger partial charge in [0.05, 0.1) is 11.5 Å². The highest BCUT2D eigenvalue weighted by atomic mass is 32.2. The first-order valence-electron chi connectivity index (χ1n) is 6.74. The minimum absolute atomic E-state index is 0.00952. The number of nitrogens with zero attached hydrogens (tertiary/aromatic N) is 1. The molecule has 1 atom stereocenters. The van der Waals surface area contributed by atoms with Crippen LogP contribution in [-0.2, 0) is 23.7 Å². The van der Waals surface area contributed by atoms with E-state index in [0.717, 1.165) is 12.8 Å². The van der Waals surface area contributed by atoms with Crippen molar-refractivity contribution in [2.45, 2.75) is 50.2 Å². The molecule has 0 radical (unpaired) electrons. The highest BCUT2D eigenvalue weighted by Gasteiger charge is 2.28. The van der Waals surface area contributed by atoms with Gasteiger partial charge in [-0.3, -0.25) is 0 Å². The third-order valence-corrected chi connectivity index (χ3v) is 5.17. The fourth-order valence-electron chi connectivity index (χ4n) is 2.22. The maximum Gasteiger partial charge on any atom is 0.242 e. The van der Waals surface area contributed by atoms with Crippen LogP contribution in [0.15, 0.2) is 17.2 Å². The van der Waals surface area contributed by atoms with Crippen LogP contribution in [0.5, 0.6) is 0 Å². The Bertz CT molecular complexity index is 532. The summed E-state index contributed by atoms with van der Waals surface area (Å²) in [6.45, 7) is 1.84. The van der Waals surface area contributed by atoms with E-state index in [4.69, 9.17) is 5.11 Å². The first-order valence-corrected chi connectivity index (χ1v) is 8.23. The van der Waals surface area contributed by atoms with Crippen LogP contribution in [0.25, 0.3) is 0 Å². The molecule has 2 rings (SSSR count). The van der Waals surface area contributed by atoms with Crippen molar-refractivity contribution in [1.82, 2.24) is 9.29 Å². The number of hydrogen-bond donors (Lipinski definition) is 2. The van der Waals surface area contributed by atoms with Gasteiger partial charge in [-0.1, -0.05) is 19.8 Å². The number of aliphatic hydroxyl groups excluding tert-OH is 1. The van der Waals surface area contributed by atoms with Gasteiger partial charge in [0, 0.05) is 25.0 Å². The minimum atomic E-state index is -3.48. The SMILES string of the molecule is CCC(CC1CC1)NS(=O)(=O)c1cc(CO)n(C)c1. The third kappa shape index (κ3) is 3.58. The summed E-state index contributed by atoms with van der Waals surface area (Å²) in [4.78, 5) is 0.230. The van der Waals surface area contributed by atoms with Gasteiger partial charge in [-0.25, -0.2) is 13.1 Å². The van der Waals surface area contributed by atoms with Crippen molar-refractivity contribution in [3.8, 4) is 0 Å². The van der Waals surface area contributed by atoms with Crippen molar-refractivity contribution < 1.29 is 13.5 Å². The Morgan fingerprint density at radius 3 is 2.68 bits per heavy atom. The molecule has 5 nitrogen and oxygen atoms in total. The zero-order chi connectivity index (χ0) is 14.0. The molecule has 0 amide bonds. The molecule has 1 aromatic heterocycles. The van der Waals surface area contributed by atoms with E-state index < -0.39 is 10.0 Å². The highest BCUT2D eigenvalue weighted by molar-refractivity contribution is 7.89. The van der Waals surface area contributed by atoms with E-state index >= 15 is 0 Å². The molecule has 1 fully saturated rings. The molecule has 0 aliphatic heterocycles. The van der Waals surface area contributed by atoms with Crippen molar-refractivity contribution in [3.05, 3.63) is 18.0 Å². The van der Waals surface area contributed by atoms with Crippen LogP contribution in [-0.4, -0.2) is 24.1 Å². The molecule has 1 saturated carbocycles. The van der Waals surface area contributed by atoms with E-state index in [-0.39, 0.29) is 17.5 Å². The lowest BCUT2D eigenvalue weighted by Crippen LogP contribution is -2.34. The molecule has 2 N–H and O–H groups in total. The van der Waals surface area contributed by atoms with Crippen molar-refractivity contribution in [2.24, 2.45) is 13.0 Å². The first kappa shape index (κ1) is 14.6. The monoisotopic (exact) mass is 286 g/mol. The van der Waals surface area contributed by atoms with Crippen LogP contribution in [0, 0.1) is 5.92 Å². The molecule has 0 saturated heterocycles. The van der Waals surface area contributed by atoms with Crippen LogP contribution in [0.2, 0.25) is 0 Å². The van der Waals surface area contributed by atoms with Crippen molar-refractivity contribution in [1.29, 1.82) is 0 Å². The van der Waals surface area contributed by atoms with Crippen LogP contribution in [0.3, 0.4) is 0 Å². The van der Waals surface area contributed by atoms with Gasteiger partial charge in [0.15, 0.2) is 0 Å². The molecule has 1 aliphatic carbocycles. The summed E-state index contributed by atoms with van der Waals surface area (Å²) in [5.74, 6) is 0.691. The lowest BCUT2D eigenvalue weighted by Gasteiger charge is -2.16. The number of sulfonamides is 1. The predicted octanol–water partition coefficient (Wildman–Crippen LogP) is 1.37. The van der Waals surface area contributed by atoms with E-state index in [0.29, 0.717) is 11.6 Å². The van der Waals surface area contributed by atoms with Crippen LogP contribution >= 0.6 is 0 Å². The minimum Gasteiger partial charge on any atom is -0.390 e. The molecular weight excluding hydrogens is 264 g/mol. The summed E-state index contributed by atoms with van der Waals surface area (Å²) in [5.41, 5.74) is 0.593. The number of rotatable bonds is 7. The summed E-state index contributed by atoms with van der Waals surface area (Å²) in [6, 6.07) is 1.53. The van der Waals surface area contributed by atoms with Gasteiger partial charge < -0.3 is 9.67 Å². The maximum atomic E-state index is 12.3. The van der Waals surface area contributed by atoms with Crippen molar-refractivity contribution in [3.63, 3.8) is 0 Å². The second-order valence-corrected chi connectivity index (χ2v) is 7.06. The van der Waals surface area contributed by atoms with E-state index in [1.807, 2.05) is 6.92 Å². The van der Waals surface area contributed by atoms with Crippen molar-refractivity contribution >= 4 is 10.0 Å². The first-order chi connectivity index (χ1) is 8.96. The maximum absolute atomic E-state index is 12.3. The van der Waals surface area contributed by atoms with Crippen LogP contribution in [0.1, 0.15) is 38.3 Å². The van der Waals surface area contributed by atoms with Gasteiger partial charge in [0.2, 0.25) is 10.0 Å². The van der Waals surface area contributed by atoms with Gasteiger partial charge in [-0.2, -0.15) is 0 Å². The topological polar surface area (TPSA) is 71.3 Å². The zero-order valence-corrected chi connectivity index (χ0v) is 12.3. The average molecular weight is 286 g/mol. The van der Waals surface area contributed by atoms with E-state index in [9.17, 15) is 8.42 Å². The fourth-order valence-corrected chi connectivity index (χ4v) is 3.65. The number of nitrogens with one attached hydrogen (secondary N) is 1. The number of aliphatic hydroxyl groups is 1. The van der Waals surface area contributed by atoms with Crippen molar-refractivity contribution in [2.75, 3.05) is 0 Å². The summed E-state index contributed by atoms with van der Waals surface area (Å²) in [7, 11) is -1.75. The van der Waals surface area contributed by atoms with Gasteiger partial charge in [-0.05, 0) is 24.8 Å². The number of hydrogen-bond acceptors (Lipinski definition) is 3. The third-order valence-electron chi connectivity index (χ3n) is 3.68. The highest BCUT2D eigenvalue weighted by Crippen LogP contribution is 2.34. The average Bonchev–Trinajstić information content (AvgIpc) is 3.08. The Kier molecular flexibility index (Phi) is 4.32. The second-order valence-electron chi connectivity index (χ2n) is 5.34. The lowest BCUT2D eigenvalue weighted by molar-refractivity contribution is 0.272. The lowest BCUT2D eigenvalue weighted by atomic mass is 10.1. The molecule has 0 aromatic carbocycles. The van der Waals surface area contributed by atoms with E-state index in [2.05, 4.69) is 4.72 Å².